The monoisotopic (exact) mass is 379 g/mol. The van der Waals surface area contributed by atoms with Crippen molar-refractivity contribution in [3.8, 4) is 22.9 Å². The van der Waals surface area contributed by atoms with E-state index in [0.717, 1.165) is 22.6 Å². The standard InChI is InChI=1S/C21H21N3O4/c1-26-14-6-4-13(5-7-14)24-21-18(12-22-24)17(11-20(25)23-21)16-9-8-15(27-2)10-19(16)28-3/h4-10,12,17H,11H2,1-3H3,(H,23,25). The molecule has 144 valence electrons. The summed E-state index contributed by atoms with van der Waals surface area (Å²) in [5.41, 5.74) is 2.71. The molecule has 1 amide bonds. The minimum atomic E-state index is -0.156. The molecule has 0 saturated heterocycles. The normalized spacial score (nSPS) is 15.5. The van der Waals surface area contributed by atoms with E-state index in [1.165, 1.54) is 0 Å². The molecule has 2 heterocycles. The lowest BCUT2D eigenvalue weighted by molar-refractivity contribution is -0.116. The highest BCUT2D eigenvalue weighted by molar-refractivity contribution is 5.94. The van der Waals surface area contributed by atoms with E-state index in [1.54, 1.807) is 32.2 Å². The van der Waals surface area contributed by atoms with Crippen LogP contribution < -0.4 is 19.5 Å². The molecule has 7 heteroatoms. The summed E-state index contributed by atoms with van der Waals surface area (Å²) < 4.78 is 17.8. The van der Waals surface area contributed by atoms with Crippen LogP contribution in [0.2, 0.25) is 0 Å². The molecule has 1 aliphatic rings. The Kier molecular flexibility index (Phi) is 4.65. The van der Waals surface area contributed by atoms with Gasteiger partial charge in [-0.1, -0.05) is 6.07 Å². The van der Waals surface area contributed by atoms with Crippen LogP contribution >= 0.6 is 0 Å². The molecule has 0 bridgehead atoms. The Balaban J connectivity index is 1.78. The van der Waals surface area contributed by atoms with Gasteiger partial charge in [-0.2, -0.15) is 5.10 Å². The van der Waals surface area contributed by atoms with E-state index in [-0.39, 0.29) is 11.8 Å². The quantitative estimate of drug-likeness (QED) is 0.736. The smallest absolute Gasteiger partial charge is 0.226 e. The molecular weight excluding hydrogens is 358 g/mol. The summed E-state index contributed by atoms with van der Waals surface area (Å²) in [7, 11) is 4.85. The summed E-state index contributed by atoms with van der Waals surface area (Å²) in [5.74, 6) is 2.60. The maximum absolute atomic E-state index is 12.5. The molecule has 1 unspecified atom stereocenters. The number of anilines is 1. The van der Waals surface area contributed by atoms with Crippen molar-refractivity contribution in [2.75, 3.05) is 26.6 Å². The molecule has 1 atom stereocenters. The number of rotatable bonds is 5. The first-order valence-corrected chi connectivity index (χ1v) is 8.88. The number of benzene rings is 2. The van der Waals surface area contributed by atoms with E-state index in [0.29, 0.717) is 23.7 Å². The van der Waals surface area contributed by atoms with Crippen LogP contribution in [0.4, 0.5) is 5.82 Å². The van der Waals surface area contributed by atoms with Crippen molar-refractivity contribution in [1.29, 1.82) is 0 Å². The van der Waals surface area contributed by atoms with E-state index in [2.05, 4.69) is 10.4 Å². The molecule has 1 N–H and O–H groups in total. The molecule has 1 aliphatic heterocycles. The average molecular weight is 379 g/mol. The van der Waals surface area contributed by atoms with Gasteiger partial charge in [0.1, 0.15) is 23.1 Å². The molecule has 0 saturated carbocycles. The molecule has 0 fully saturated rings. The van der Waals surface area contributed by atoms with Crippen molar-refractivity contribution >= 4 is 11.7 Å². The van der Waals surface area contributed by atoms with Crippen LogP contribution in [0.3, 0.4) is 0 Å². The van der Waals surface area contributed by atoms with E-state index in [1.807, 2.05) is 42.5 Å². The van der Waals surface area contributed by atoms with Crippen LogP contribution in [0.25, 0.3) is 5.69 Å². The highest BCUT2D eigenvalue weighted by Crippen LogP contribution is 2.42. The fraction of sp³-hybridized carbons (Fsp3) is 0.238. The first-order valence-electron chi connectivity index (χ1n) is 8.88. The fourth-order valence-corrected chi connectivity index (χ4v) is 3.52. The van der Waals surface area contributed by atoms with Crippen LogP contribution in [-0.4, -0.2) is 37.0 Å². The van der Waals surface area contributed by atoms with Gasteiger partial charge in [0.2, 0.25) is 5.91 Å². The van der Waals surface area contributed by atoms with Crippen LogP contribution in [0.1, 0.15) is 23.5 Å². The lowest BCUT2D eigenvalue weighted by atomic mass is 9.86. The van der Waals surface area contributed by atoms with E-state index >= 15 is 0 Å². The Hall–Kier alpha value is -3.48. The van der Waals surface area contributed by atoms with Gasteiger partial charge in [0.05, 0.1) is 33.2 Å². The van der Waals surface area contributed by atoms with E-state index < -0.39 is 0 Å². The molecule has 0 spiro atoms. The molecule has 4 rings (SSSR count). The third-order valence-corrected chi connectivity index (χ3v) is 4.95. The largest absolute Gasteiger partial charge is 0.497 e. The Morgan fingerprint density at radius 1 is 0.964 bits per heavy atom. The van der Waals surface area contributed by atoms with Crippen LogP contribution in [0, 0.1) is 0 Å². The Labute approximate surface area is 162 Å². The molecule has 28 heavy (non-hydrogen) atoms. The second-order valence-corrected chi connectivity index (χ2v) is 6.47. The van der Waals surface area contributed by atoms with Crippen LogP contribution in [0.15, 0.2) is 48.7 Å². The fourth-order valence-electron chi connectivity index (χ4n) is 3.52. The van der Waals surface area contributed by atoms with Gasteiger partial charge in [-0.3, -0.25) is 4.79 Å². The summed E-state index contributed by atoms with van der Waals surface area (Å²) >= 11 is 0. The summed E-state index contributed by atoms with van der Waals surface area (Å²) in [6.45, 7) is 0. The zero-order valence-corrected chi connectivity index (χ0v) is 15.9. The van der Waals surface area contributed by atoms with Gasteiger partial charge < -0.3 is 19.5 Å². The van der Waals surface area contributed by atoms with Gasteiger partial charge in [0.25, 0.3) is 0 Å². The maximum Gasteiger partial charge on any atom is 0.226 e. The van der Waals surface area contributed by atoms with Crippen molar-refractivity contribution in [2.45, 2.75) is 12.3 Å². The van der Waals surface area contributed by atoms with E-state index in [4.69, 9.17) is 14.2 Å². The number of fused-ring (bicyclic) bond motifs is 1. The summed E-state index contributed by atoms with van der Waals surface area (Å²) in [6.07, 6.45) is 2.12. The zero-order chi connectivity index (χ0) is 19.7. The summed E-state index contributed by atoms with van der Waals surface area (Å²) in [4.78, 5) is 12.5. The zero-order valence-electron chi connectivity index (χ0n) is 15.9. The minimum absolute atomic E-state index is 0.0642. The topological polar surface area (TPSA) is 74.6 Å². The van der Waals surface area contributed by atoms with Gasteiger partial charge in [0.15, 0.2) is 0 Å². The lowest BCUT2D eigenvalue weighted by Crippen LogP contribution is -2.24. The number of hydrogen-bond acceptors (Lipinski definition) is 5. The lowest BCUT2D eigenvalue weighted by Gasteiger charge is -2.25. The average Bonchev–Trinajstić information content (AvgIpc) is 3.16. The number of nitrogens with one attached hydrogen (secondary N) is 1. The molecule has 0 radical (unpaired) electrons. The molecular formula is C21H21N3O4. The Morgan fingerprint density at radius 2 is 1.68 bits per heavy atom. The number of ether oxygens (including phenoxy) is 3. The predicted molar refractivity (Wildman–Crippen MR) is 105 cm³/mol. The first-order chi connectivity index (χ1) is 13.6. The van der Waals surface area contributed by atoms with Crippen molar-refractivity contribution in [3.63, 3.8) is 0 Å². The number of carbonyl (C=O) groups excluding carboxylic acids is 1. The SMILES string of the molecule is COc1ccc(-n2ncc3c2NC(=O)CC3c2ccc(OC)cc2OC)cc1. The second kappa shape index (κ2) is 7.26. The van der Waals surface area contributed by atoms with Gasteiger partial charge in [-0.25, -0.2) is 4.68 Å². The Bertz CT molecular complexity index is 1010. The summed E-state index contributed by atoms with van der Waals surface area (Å²) in [6, 6.07) is 13.2. The molecule has 2 aromatic carbocycles. The third kappa shape index (κ3) is 3.05. The number of amides is 1. The molecule has 7 nitrogen and oxygen atoms in total. The first kappa shape index (κ1) is 17.9. The van der Waals surface area contributed by atoms with Gasteiger partial charge in [-0.15, -0.1) is 0 Å². The number of aromatic nitrogens is 2. The van der Waals surface area contributed by atoms with Gasteiger partial charge in [0, 0.05) is 29.5 Å². The number of carbonyl (C=O) groups is 1. The third-order valence-electron chi connectivity index (χ3n) is 4.95. The van der Waals surface area contributed by atoms with Gasteiger partial charge in [-0.05, 0) is 30.3 Å². The van der Waals surface area contributed by atoms with Crippen molar-refractivity contribution in [2.24, 2.45) is 0 Å². The van der Waals surface area contributed by atoms with Crippen molar-refractivity contribution < 1.29 is 19.0 Å². The maximum atomic E-state index is 12.5. The van der Waals surface area contributed by atoms with Crippen molar-refractivity contribution in [1.82, 2.24) is 9.78 Å². The Morgan fingerprint density at radius 3 is 2.36 bits per heavy atom. The molecule has 0 aliphatic carbocycles. The highest BCUT2D eigenvalue weighted by Gasteiger charge is 2.32. The number of methoxy groups -OCH3 is 3. The van der Waals surface area contributed by atoms with Crippen molar-refractivity contribution in [3.05, 3.63) is 59.8 Å². The molecule has 1 aromatic heterocycles. The van der Waals surface area contributed by atoms with Gasteiger partial charge >= 0.3 is 0 Å². The van der Waals surface area contributed by atoms with E-state index in [9.17, 15) is 4.79 Å². The van der Waals surface area contributed by atoms with Crippen LogP contribution in [-0.2, 0) is 4.79 Å². The second-order valence-electron chi connectivity index (χ2n) is 6.47. The number of hydrogen-bond donors (Lipinski definition) is 1. The van der Waals surface area contributed by atoms with Crippen LogP contribution in [0.5, 0.6) is 17.2 Å². The summed E-state index contributed by atoms with van der Waals surface area (Å²) in [5, 5.41) is 7.48. The predicted octanol–water partition coefficient (Wildman–Crippen LogP) is 3.37. The highest BCUT2D eigenvalue weighted by atomic mass is 16.5. The number of nitrogens with zero attached hydrogens (tertiary/aromatic N) is 2. The minimum Gasteiger partial charge on any atom is -0.497 e. The molecule has 3 aromatic rings.